The molecular weight excluding hydrogens is 216 g/mol. The first-order valence-corrected chi connectivity index (χ1v) is 5.19. The highest BCUT2D eigenvalue weighted by molar-refractivity contribution is 6.01. The topological polar surface area (TPSA) is 55.1 Å². The number of aromatic nitrogens is 1. The van der Waals surface area contributed by atoms with Gasteiger partial charge in [-0.05, 0) is 37.3 Å². The summed E-state index contributed by atoms with van der Waals surface area (Å²) in [5.74, 6) is 1.27. The van der Waals surface area contributed by atoms with Crippen molar-refractivity contribution in [2.45, 2.75) is 6.92 Å². The first-order chi connectivity index (χ1) is 8.24. The number of aryl methyl sites for hydroxylation is 1. The first-order valence-electron chi connectivity index (χ1n) is 5.19. The average Bonchev–Trinajstić information content (AvgIpc) is 2.74. The Balaban J connectivity index is 1.96. The highest BCUT2D eigenvalue weighted by Gasteiger charge is 1.98. The number of hydrogen-bond acceptors (Lipinski definition) is 3. The summed E-state index contributed by atoms with van der Waals surface area (Å²) in [6.45, 7) is 1.86. The molecule has 0 aromatic carbocycles. The van der Waals surface area contributed by atoms with E-state index in [4.69, 9.17) is 4.42 Å². The molecular formula is C13H12N2O2. The van der Waals surface area contributed by atoms with Gasteiger partial charge in [-0.3, -0.25) is 9.78 Å². The molecule has 2 aromatic heterocycles. The zero-order valence-corrected chi connectivity index (χ0v) is 9.38. The molecule has 0 saturated carbocycles. The minimum atomic E-state index is -0.203. The van der Waals surface area contributed by atoms with Crippen LogP contribution in [0.1, 0.15) is 11.5 Å². The Bertz CT molecular complexity index is 529. The van der Waals surface area contributed by atoms with Crippen molar-refractivity contribution in [1.29, 1.82) is 0 Å². The maximum absolute atomic E-state index is 11.5. The van der Waals surface area contributed by atoms with Gasteiger partial charge in [-0.1, -0.05) is 0 Å². The molecule has 4 heteroatoms. The van der Waals surface area contributed by atoms with E-state index in [1.165, 1.54) is 6.08 Å². The lowest BCUT2D eigenvalue weighted by Crippen LogP contribution is -2.07. The van der Waals surface area contributed by atoms with E-state index in [9.17, 15) is 4.79 Å². The van der Waals surface area contributed by atoms with Gasteiger partial charge in [0.15, 0.2) is 0 Å². The quantitative estimate of drug-likeness (QED) is 0.821. The molecule has 0 atom stereocenters. The van der Waals surface area contributed by atoms with Gasteiger partial charge < -0.3 is 9.73 Å². The fraction of sp³-hybridized carbons (Fsp3) is 0.0769. The smallest absolute Gasteiger partial charge is 0.248 e. The fourth-order valence-electron chi connectivity index (χ4n) is 1.32. The number of carbonyl (C=O) groups excluding carboxylic acids is 1. The molecule has 4 nitrogen and oxygen atoms in total. The third kappa shape index (κ3) is 3.31. The van der Waals surface area contributed by atoms with Crippen molar-refractivity contribution >= 4 is 17.7 Å². The van der Waals surface area contributed by atoms with Crippen LogP contribution in [-0.4, -0.2) is 10.9 Å². The highest BCUT2D eigenvalue weighted by atomic mass is 16.3. The summed E-state index contributed by atoms with van der Waals surface area (Å²) in [6, 6.07) is 7.11. The molecule has 1 amide bonds. The Kier molecular flexibility index (Phi) is 3.35. The zero-order chi connectivity index (χ0) is 12.1. The summed E-state index contributed by atoms with van der Waals surface area (Å²) in [7, 11) is 0. The highest BCUT2D eigenvalue weighted by Crippen LogP contribution is 2.08. The molecule has 2 rings (SSSR count). The molecule has 0 unspecified atom stereocenters. The Labute approximate surface area is 99.0 Å². The van der Waals surface area contributed by atoms with Gasteiger partial charge in [0.05, 0.1) is 0 Å². The molecule has 0 fully saturated rings. The maximum atomic E-state index is 11.5. The van der Waals surface area contributed by atoms with Crippen molar-refractivity contribution in [2.75, 3.05) is 5.32 Å². The van der Waals surface area contributed by atoms with Crippen molar-refractivity contribution in [3.05, 3.63) is 54.3 Å². The molecule has 0 aliphatic heterocycles. The molecule has 0 aliphatic rings. The number of hydrogen-bond donors (Lipinski definition) is 1. The van der Waals surface area contributed by atoms with Crippen LogP contribution in [0.5, 0.6) is 0 Å². The van der Waals surface area contributed by atoms with Crippen LogP contribution in [0, 0.1) is 6.92 Å². The van der Waals surface area contributed by atoms with Crippen molar-refractivity contribution in [2.24, 2.45) is 0 Å². The SMILES string of the molecule is Cc1ccc(C=CC(=O)Nc2ccncc2)o1. The van der Waals surface area contributed by atoms with Gasteiger partial charge in [-0.2, -0.15) is 0 Å². The van der Waals surface area contributed by atoms with E-state index in [1.54, 1.807) is 30.6 Å². The van der Waals surface area contributed by atoms with Crippen molar-refractivity contribution in [3.63, 3.8) is 0 Å². The molecule has 86 valence electrons. The predicted molar refractivity (Wildman–Crippen MR) is 65.3 cm³/mol. The number of carbonyl (C=O) groups is 1. The Hall–Kier alpha value is -2.36. The molecule has 0 saturated heterocycles. The minimum Gasteiger partial charge on any atom is -0.462 e. The normalized spacial score (nSPS) is 10.6. The molecule has 2 aromatic rings. The summed E-state index contributed by atoms with van der Waals surface area (Å²) < 4.78 is 5.31. The number of amides is 1. The molecule has 17 heavy (non-hydrogen) atoms. The summed E-state index contributed by atoms with van der Waals surface area (Å²) in [6.07, 6.45) is 6.30. The molecule has 0 radical (unpaired) electrons. The van der Waals surface area contributed by atoms with Crippen LogP contribution >= 0.6 is 0 Å². The lowest BCUT2D eigenvalue weighted by molar-refractivity contribution is -0.111. The largest absolute Gasteiger partial charge is 0.462 e. The van der Waals surface area contributed by atoms with Gasteiger partial charge in [0.2, 0.25) is 5.91 Å². The maximum Gasteiger partial charge on any atom is 0.248 e. The van der Waals surface area contributed by atoms with E-state index in [0.29, 0.717) is 11.4 Å². The monoisotopic (exact) mass is 228 g/mol. The van der Waals surface area contributed by atoms with Crippen molar-refractivity contribution < 1.29 is 9.21 Å². The van der Waals surface area contributed by atoms with Crippen LogP contribution < -0.4 is 5.32 Å². The number of furan rings is 1. The van der Waals surface area contributed by atoms with E-state index in [0.717, 1.165) is 5.76 Å². The van der Waals surface area contributed by atoms with Crippen LogP contribution in [-0.2, 0) is 4.79 Å². The summed E-state index contributed by atoms with van der Waals surface area (Å²) >= 11 is 0. The molecule has 0 bridgehead atoms. The van der Waals surface area contributed by atoms with Crippen LogP contribution in [0.3, 0.4) is 0 Å². The van der Waals surface area contributed by atoms with Crippen LogP contribution in [0.25, 0.3) is 6.08 Å². The molecule has 2 heterocycles. The number of nitrogens with zero attached hydrogens (tertiary/aromatic N) is 1. The van der Waals surface area contributed by atoms with E-state index in [2.05, 4.69) is 10.3 Å². The standard InChI is InChI=1S/C13H12N2O2/c1-10-2-3-12(17-10)4-5-13(16)15-11-6-8-14-9-7-11/h2-9H,1H3,(H,14,15,16). The van der Waals surface area contributed by atoms with Crippen LogP contribution in [0.15, 0.2) is 47.2 Å². The van der Waals surface area contributed by atoms with Gasteiger partial charge in [-0.15, -0.1) is 0 Å². The lowest BCUT2D eigenvalue weighted by Gasteiger charge is -1.99. The first kappa shape index (κ1) is 11.1. The van der Waals surface area contributed by atoms with Crippen LogP contribution in [0.2, 0.25) is 0 Å². The van der Waals surface area contributed by atoms with Crippen molar-refractivity contribution in [1.82, 2.24) is 4.98 Å². The zero-order valence-electron chi connectivity index (χ0n) is 9.38. The summed E-state index contributed by atoms with van der Waals surface area (Å²) in [4.78, 5) is 15.4. The Morgan fingerprint density at radius 2 is 2.06 bits per heavy atom. The number of rotatable bonds is 3. The van der Waals surface area contributed by atoms with E-state index in [-0.39, 0.29) is 5.91 Å². The van der Waals surface area contributed by atoms with E-state index in [1.807, 2.05) is 19.1 Å². The summed E-state index contributed by atoms with van der Waals surface area (Å²) in [5, 5.41) is 2.71. The van der Waals surface area contributed by atoms with Gasteiger partial charge in [0, 0.05) is 24.2 Å². The Morgan fingerprint density at radius 1 is 1.29 bits per heavy atom. The second-order valence-corrected chi connectivity index (χ2v) is 3.51. The fourth-order valence-corrected chi connectivity index (χ4v) is 1.32. The second-order valence-electron chi connectivity index (χ2n) is 3.51. The third-order valence-electron chi connectivity index (χ3n) is 2.11. The molecule has 0 spiro atoms. The summed E-state index contributed by atoms with van der Waals surface area (Å²) in [5.41, 5.74) is 0.713. The third-order valence-corrected chi connectivity index (χ3v) is 2.11. The van der Waals surface area contributed by atoms with Gasteiger partial charge in [0.1, 0.15) is 11.5 Å². The number of anilines is 1. The van der Waals surface area contributed by atoms with Gasteiger partial charge in [-0.25, -0.2) is 0 Å². The van der Waals surface area contributed by atoms with Crippen molar-refractivity contribution in [3.8, 4) is 0 Å². The average molecular weight is 228 g/mol. The lowest BCUT2D eigenvalue weighted by atomic mass is 10.3. The minimum absolute atomic E-state index is 0.203. The van der Waals surface area contributed by atoms with E-state index >= 15 is 0 Å². The number of pyridine rings is 1. The van der Waals surface area contributed by atoms with Gasteiger partial charge >= 0.3 is 0 Å². The van der Waals surface area contributed by atoms with E-state index < -0.39 is 0 Å². The predicted octanol–water partition coefficient (Wildman–Crippen LogP) is 2.63. The molecule has 1 N–H and O–H groups in total. The number of nitrogens with one attached hydrogen (secondary N) is 1. The van der Waals surface area contributed by atoms with Crippen LogP contribution in [0.4, 0.5) is 5.69 Å². The molecule has 0 aliphatic carbocycles. The second kappa shape index (κ2) is 5.12. The Morgan fingerprint density at radius 3 is 2.71 bits per heavy atom. The van der Waals surface area contributed by atoms with Gasteiger partial charge in [0.25, 0.3) is 0 Å².